The van der Waals surface area contributed by atoms with E-state index in [-0.39, 0.29) is 34.9 Å². The Hall–Kier alpha value is -3.19. The molecular weight excluding hydrogens is 570 g/mol. The Bertz CT molecular complexity index is 1440. The molecule has 0 bridgehead atoms. The molecule has 6 nitrogen and oxygen atoms in total. The van der Waals surface area contributed by atoms with Crippen LogP contribution in [-0.4, -0.2) is 24.1 Å². The van der Waals surface area contributed by atoms with Gasteiger partial charge in [0.25, 0.3) is 5.91 Å². The van der Waals surface area contributed by atoms with Crippen LogP contribution in [0.4, 0.5) is 5.69 Å². The van der Waals surface area contributed by atoms with Crippen molar-refractivity contribution in [3.63, 3.8) is 0 Å². The molecule has 0 aromatic heterocycles. The van der Waals surface area contributed by atoms with Gasteiger partial charge >= 0.3 is 0 Å². The number of halogens is 1. The highest BCUT2D eigenvalue weighted by molar-refractivity contribution is 9.10. The van der Waals surface area contributed by atoms with E-state index in [9.17, 15) is 14.4 Å². The highest BCUT2D eigenvalue weighted by atomic mass is 79.9. The number of amides is 1. The molecule has 0 saturated heterocycles. The minimum atomic E-state index is -0.483. The van der Waals surface area contributed by atoms with E-state index in [1.165, 1.54) is 0 Å². The third-order valence-electron chi connectivity index (χ3n) is 7.90. The highest BCUT2D eigenvalue weighted by Gasteiger charge is 2.47. The summed E-state index contributed by atoms with van der Waals surface area (Å²) < 4.78 is 12.9. The maximum atomic E-state index is 13.5. The van der Waals surface area contributed by atoms with Crippen LogP contribution in [0.5, 0.6) is 5.75 Å². The monoisotopic (exact) mass is 605 g/mol. The number of allylic oxidation sites excluding steroid dienone is 4. The number of carbonyl (C=O) groups excluding carboxylic acids is 3. The SMILES string of the molecule is Cc1ccc(C)c(NC(=O)COc2ccc(C3C4=C(CC(C)(C)CC4=O)OC4=C3C(=O)CC(C)(C)C4)cc2Br)c1. The number of nitrogens with one attached hydrogen (secondary N) is 1. The second-order valence-electron chi connectivity index (χ2n) is 12.9. The number of carbonyl (C=O) groups is 3. The van der Waals surface area contributed by atoms with Crippen LogP contribution in [0, 0.1) is 24.7 Å². The maximum absolute atomic E-state index is 13.5. The number of ketones is 2. The Morgan fingerprint density at radius 1 is 0.925 bits per heavy atom. The van der Waals surface area contributed by atoms with Crippen LogP contribution < -0.4 is 10.1 Å². The number of rotatable bonds is 5. The van der Waals surface area contributed by atoms with Gasteiger partial charge in [0.1, 0.15) is 17.3 Å². The average molecular weight is 607 g/mol. The van der Waals surface area contributed by atoms with Gasteiger partial charge in [0.15, 0.2) is 18.2 Å². The molecule has 0 saturated carbocycles. The predicted molar refractivity (Wildman–Crippen MR) is 158 cm³/mol. The summed E-state index contributed by atoms with van der Waals surface area (Å²) in [7, 11) is 0. The Morgan fingerprint density at radius 2 is 1.52 bits per heavy atom. The van der Waals surface area contributed by atoms with Gasteiger partial charge in [-0.25, -0.2) is 0 Å². The third-order valence-corrected chi connectivity index (χ3v) is 8.52. The summed E-state index contributed by atoms with van der Waals surface area (Å²) in [6.45, 7) is 12.1. The van der Waals surface area contributed by atoms with E-state index < -0.39 is 5.92 Å². The van der Waals surface area contributed by atoms with Gasteiger partial charge in [-0.05, 0) is 75.5 Å². The highest BCUT2D eigenvalue weighted by Crippen LogP contribution is 2.53. The molecule has 1 N–H and O–H groups in total. The van der Waals surface area contributed by atoms with E-state index in [0.29, 0.717) is 58.6 Å². The average Bonchev–Trinajstić information content (AvgIpc) is 2.82. The van der Waals surface area contributed by atoms with Crippen molar-refractivity contribution in [1.82, 2.24) is 0 Å². The standard InChI is InChI=1S/C33H36BrNO5/c1-18-7-8-19(2)22(11-18)35-28(38)17-39-25-10-9-20(12-21(25)34)29-30-23(36)13-32(3,4)15-26(30)40-27-16-33(5,6)14-24(37)31(27)29/h7-12,29H,13-17H2,1-6H3,(H,35,38). The Morgan fingerprint density at radius 3 is 2.10 bits per heavy atom. The first-order valence-electron chi connectivity index (χ1n) is 13.7. The smallest absolute Gasteiger partial charge is 0.262 e. The molecule has 0 spiro atoms. The molecule has 2 aromatic carbocycles. The molecule has 40 heavy (non-hydrogen) atoms. The van der Waals surface area contributed by atoms with Gasteiger partial charge in [-0.3, -0.25) is 14.4 Å². The third kappa shape index (κ3) is 5.67. The van der Waals surface area contributed by atoms with Crippen molar-refractivity contribution in [2.45, 2.75) is 73.1 Å². The van der Waals surface area contributed by atoms with Crippen LogP contribution in [0.1, 0.15) is 76.0 Å². The molecule has 1 amide bonds. The Kier molecular flexibility index (Phi) is 7.32. The van der Waals surface area contributed by atoms with Crippen LogP contribution in [-0.2, 0) is 19.1 Å². The molecule has 2 aliphatic carbocycles. The van der Waals surface area contributed by atoms with Gasteiger partial charge in [0, 0.05) is 48.4 Å². The zero-order valence-corrected chi connectivity index (χ0v) is 25.6. The molecule has 7 heteroatoms. The molecule has 3 aliphatic rings. The fourth-order valence-corrected chi connectivity index (χ4v) is 6.53. The van der Waals surface area contributed by atoms with Crippen LogP contribution >= 0.6 is 15.9 Å². The molecule has 0 fully saturated rings. The van der Waals surface area contributed by atoms with E-state index in [1.807, 2.05) is 44.2 Å². The number of Topliss-reactive ketones (excluding diaryl/α,β-unsaturated/α-hetero) is 2. The van der Waals surface area contributed by atoms with E-state index in [0.717, 1.165) is 22.4 Å². The molecule has 0 unspecified atom stereocenters. The van der Waals surface area contributed by atoms with Crippen molar-refractivity contribution in [2.24, 2.45) is 10.8 Å². The lowest BCUT2D eigenvalue weighted by molar-refractivity contribution is -0.120. The lowest BCUT2D eigenvalue weighted by Gasteiger charge is -2.42. The molecule has 1 heterocycles. The summed E-state index contributed by atoms with van der Waals surface area (Å²) in [4.78, 5) is 39.6. The molecule has 0 radical (unpaired) electrons. The summed E-state index contributed by atoms with van der Waals surface area (Å²) in [5, 5.41) is 2.91. The van der Waals surface area contributed by atoms with Gasteiger partial charge in [0.2, 0.25) is 0 Å². The normalized spacial score (nSPS) is 20.1. The molecule has 5 rings (SSSR count). The fraction of sp³-hybridized carbons (Fsp3) is 0.424. The van der Waals surface area contributed by atoms with E-state index in [1.54, 1.807) is 6.07 Å². The first-order chi connectivity index (χ1) is 18.7. The van der Waals surface area contributed by atoms with Crippen molar-refractivity contribution < 1.29 is 23.9 Å². The number of anilines is 1. The molecule has 2 aromatic rings. The van der Waals surface area contributed by atoms with Crippen LogP contribution in [0.2, 0.25) is 0 Å². The first kappa shape index (κ1) is 28.3. The topological polar surface area (TPSA) is 81.7 Å². The summed E-state index contributed by atoms with van der Waals surface area (Å²) in [6, 6.07) is 11.5. The molecular formula is C33H36BrNO5. The fourth-order valence-electron chi connectivity index (χ4n) is 6.02. The zero-order valence-electron chi connectivity index (χ0n) is 24.0. The predicted octanol–water partition coefficient (Wildman–Crippen LogP) is 7.48. The summed E-state index contributed by atoms with van der Waals surface area (Å²) in [5.74, 6) is 1.20. The molecule has 0 atom stereocenters. The second kappa shape index (κ2) is 10.3. The van der Waals surface area contributed by atoms with Crippen molar-refractivity contribution in [2.75, 3.05) is 11.9 Å². The molecule has 210 valence electrons. The van der Waals surface area contributed by atoms with Crippen molar-refractivity contribution in [3.8, 4) is 5.75 Å². The van der Waals surface area contributed by atoms with Gasteiger partial charge in [0.05, 0.1) is 4.47 Å². The quantitative estimate of drug-likeness (QED) is 0.382. The summed E-state index contributed by atoms with van der Waals surface area (Å²) >= 11 is 3.60. The van der Waals surface area contributed by atoms with Crippen LogP contribution in [0.25, 0.3) is 0 Å². The zero-order chi connectivity index (χ0) is 29.0. The van der Waals surface area contributed by atoms with Gasteiger partial charge in [-0.2, -0.15) is 0 Å². The number of hydrogen-bond donors (Lipinski definition) is 1. The number of ether oxygens (including phenoxy) is 2. The largest absolute Gasteiger partial charge is 0.483 e. The second-order valence-corrected chi connectivity index (χ2v) is 13.8. The van der Waals surface area contributed by atoms with Gasteiger partial charge < -0.3 is 14.8 Å². The summed E-state index contributed by atoms with van der Waals surface area (Å²) in [5.41, 5.74) is 4.40. The van der Waals surface area contributed by atoms with E-state index in [4.69, 9.17) is 9.47 Å². The summed E-state index contributed by atoms with van der Waals surface area (Å²) in [6.07, 6.45) is 2.11. The Balaban J connectivity index is 1.43. The lowest BCUT2D eigenvalue weighted by atomic mass is 9.65. The van der Waals surface area contributed by atoms with Crippen LogP contribution in [0.3, 0.4) is 0 Å². The maximum Gasteiger partial charge on any atom is 0.262 e. The Labute approximate surface area is 244 Å². The minimum Gasteiger partial charge on any atom is -0.483 e. The lowest BCUT2D eigenvalue weighted by Crippen LogP contribution is -2.37. The van der Waals surface area contributed by atoms with Crippen LogP contribution in [0.15, 0.2) is 63.5 Å². The number of aryl methyl sites for hydroxylation is 2. The number of benzene rings is 2. The van der Waals surface area contributed by atoms with Crippen molar-refractivity contribution in [1.29, 1.82) is 0 Å². The van der Waals surface area contributed by atoms with E-state index in [2.05, 4.69) is 48.9 Å². The van der Waals surface area contributed by atoms with Crippen molar-refractivity contribution >= 4 is 39.1 Å². The van der Waals surface area contributed by atoms with Crippen molar-refractivity contribution in [3.05, 3.63) is 80.2 Å². The van der Waals surface area contributed by atoms with Gasteiger partial charge in [-0.15, -0.1) is 0 Å². The van der Waals surface area contributed by atoms with E-state index >= 15 is 0 Å². The van der Waals surface area contributed by atoms with Gasteiger partial charge in [-0.1, -0.05) is 45.9 Å². The number of hydrogen-bond acceptors (Lipinski definition) is 5. The first-order valence-corrected chi connectivity index (χ1v) is 14.5. The minimum absolute atomic E-state index is 0.0278. The molecule has 1 aliphatic heterocycles.